The summed E-state index contributed by atoms with van der Waals surface area (Å²) < 4.78 is 29.9. The number of halogens is 1. The van der Waals surface area contributed by atoms with Crippen LogP contribution in [0.25, 0.3) is 4.72 Å². The average molecular weight is 636 g/mol. The quantitative estimate of drug-likeness (QED) is 0.208. The van der Waals surface area contributed by atoms with Gasteiger partial charge >= 0.3 is 27.0 Å². The molecule has 2 N–H and O–H groups in total. The van der Waals surface area contributed by atoms with Crippen LogP contribution in [0.5, 0.6) is 0 Å². The van der Waals surface area contributed by atoms with Crippen LogP contribution in [0, 0.1) is 13.8 Å². The molecule has 4 nitrogen and oxygen atoms in total. The molecule has 0 aliphatic carbocycles. The number of hydrogen-bond acceptors (Lipinski definition) is 3. The Balaban J connectivity index is 0.000000353. The molecule has 0 aromatic heterocycles. The van der Waals surface area contributed by atoms with E-state index >= 15 is 0 Å². The third kappa shape index (κ3) is 9.76. The molecule has 0 saturated carbocycles. The van der Waals surface area contributed by atoms with Crippen LogP contribution in [-0.2, 0) is 27.3 Å². The van der Waals surface area contributed by atoms with Crippen LogP contribution in [0.1, 0.15) is 59.7 Å². The van der Waals surface area contributed by atoms with Gasteiger partial charge in [0.1, 0.15) is 10.0 Å². The van der Waals surface area contributed by atoms with E-state index in [2.05, 4.69) is 59.4 Å². The predicted molar refractivity (Wildman–Crippen MR) is 155 cm³/mol. The summed E-state index contributed by atoms with van der Waals surface area (Å²) in [5, 5.41) is 0. The molecule has 0 spiro atoms. The Bertz CT molecular complexity index is 1320. The third-order valence-electron chi connectivity index (χ3n) is 5.98. The number of rotatable bonds is 7. The summed E-state index contributed by atoms with van der Waals surface area (Å²) >= 11 is 1.82. The zero-order chi connectivity index (χ0) is 28.1. The Morgan fingerprint density at radius 2 is 1.08 bits per heavy atom. The molecular formula is C31H35ClN2O2RuS+. The van der Waals surface area contributed by atoms with Crippen molar-refractivity contribution < 1.29 is 25.7 Å². The maximum atomic E-state index is 12.8. The van der Waals surface area contributed by atoms with E-state index in [9.17, 15) is 8.42 Å². The van der Waals surface area contributed by atoms with Gasteiger partial charge in [-0.2, -0.15) is 0 Å². The molecule has 7 heteroatoms. The van der Waals surface area contributed by atoms with Gasteiger partial charge in [-0.15, -0.1) is 0 Å². The summed E-state index contributed by atoms with van der Waals surface area (Å²) in [5.74, 6) is 0.653. The Labute approximate surface area is 242 Å². The first-order chi connectivity index (χ1) is 18.2. The van der Waals surface area contributed by atoms with Gasteiger partial charge in [0.2, 0.25) is 0 Å². The fourth-order valence-electron chi connectivity index (χ4n) is 3.71. The van der Waals surface area contributed by atoms with Crippen molar-refractivity contribution in [1.82, 2.24) is 0 Å². The summed E-state index contributed by atoms with van der Waals surface area (Å²) in [6.45, 7) is 8.45. The number of aryl methyl sites for hydroxylation is 2. The molecule has 0 aliphatic rings. The van der Waals surface area contributed by atoms with Crippen LogP contribution in [0.15, 0.2) is 114 Å². The molecular weight excluding hydrogens is 601 g/mol. The minimum absolute atomic E-state index is 0.171. The SMILES string of the molecule is Cc1ccc(C(C)C)cc1.Cc1ccc(S(=O)(=O)[N-][C@H](c2ccccc2)[C@H](N)c2ccccc2)cc1.[Cl][Ru+2]. The average Bonchev–Trinajstić information content (AvgIpc) is 2.94. The van der Waals surface area contributed by atoms with E-state index in [-0.39, 0.29) is 4.90 Å². The fraction of sp³-hybridized carbons (Fsp3) is 0.226. The van der Waals surface area contributed by atoms with Gasteiger partial charge in [0.15, 0.2) is 0 Å². The number of hydrogen-bond donors (Lipinski definition) is 1. The van der Waals surface area contributed by atoms with Crippen molar-refractivity contribution in [3.05, 3.63) is 142 Å². The Morgan fingerprint density at radius 3 is 1.53 bits per heavy atom. The fourth-order valence-corrected chi connectivity index (χ4v) is 4.87. The van der Waals surface area contributed by atoms with Gasteiger partial charge in [-0.3, -0.25) is 0 Å². The summed E-state index contributed by atoms with van der Waals surface area (Å²) in [6, 6.07) is 32.8. The van der Waals surface area contributed by atoms with Crippen molar-refractivity contribution in [1.29, 1.82) is 0 Å². The van der Waals surface area contributed by atoms with Crippen LogP contribution in [0.3, 0.4) is 0 Å². The zero-order valence-electron chi connectivity index (χ0n) is 22.1. The van der Waals surface area contributed by atoms with Gasteiger partial charge in [0.25, 0.3) is 0 Å². The minimum atomic E-state index is -3.83. The zero-order valence-corrected chi connectivity index (χ0v) is 25.4. The van der Waals surface area contributed by atoms with E-state index in [4.69, 9.17) is 5.73 Å². The van der Waals surface area contributed by atoms with Gasteiger partial charge in [0, 0.05) is 10.9 Å². The van der Waals surface area contributed by atoms with Crippen LogP contribution >= 0.6 is 9.69 Å². The van der Waals surface area contributed by atoms with Gasteiger partial charge < -0.3 is 10.5 Å². The first kappa shape index (κ1) is 31.9. The van der Waals surface area contributed by atoms with Crippen LogP contribution in [0.2, 0.25) is 0 Å². The van der Waals surface area contributed by atoms with E-state index in [1.54, 1.807) is 24.3 Å². The monoisotopic (exact) mass is 636 g/mol. The van der Waals surface area contributed by atoms with E-state index < -0.39 is 22.1 Å². The molecule has 0 radical (unpaired) electrons. The molecule has 0 fully saturated rings. The number of benzene rings is 4. The Kier molecular flexibility index (Phi) is 13.4. The normalized spacial score (nSPS) is 12.4. The molecule has 4 aromatic rings. The molecule has 0 aliphatic heterocycles. The molecule has 0 heterocycles. The topological polar surface area (TPSA) is 74.3 Å². The molecule has 4 aromatic carbocycles. The second-order valence-electron chi connectivity index (χ2n) is 9.25. The molecule has 201 valence electrons. The molecule has 2 atom stereocenters. The van der Waals surface area contributed by atoms with Crippen molar-refractivity contribution in [2.75, 3.05) is 0 Å². The van der Waals surface area contributed by atoms with Crippen molar-refractivity contribution in [3.8, 4) is 0 Å². The van der Waals surface area contributed by atoms with E-state index in [1.165, 1.54) is 11.1 Å². The van der Waals surface area contributed by atoms with Crippen molar-refractivity contribution in [2.45, 2.75) is 50.6 Å². The van der Waals surface area contributed by atoms with Gasteiger partial charge in [-0.1, -0.05) is 134 Å². The maximum absolute atomic E-state index is 12.8. The molecule has 0 saturated heterocycles. The molecule has 0 bridgehead atoms. The summed E-state index contributed by atoms with van der Waals surface area (Å²) in [6.07, 6.45) is 0. The standard InChI is InChI=1S/C21H21N2O2S.C10H14.ClH.Ru/c1-16-12-14-19(15-13-16)26(24,25)23-21(18-10-6-3-7-11-18)20(22)17-8-4-2-5-9-17;1-8(2)10-6-4-9(3)5-7-10;;/h2-15,20-21H,22H2,1H3;4-8H,1-3H3;1H;/q-1;;;+3/p-1/t20-,21-;;;/m1.../s1. The third-order valence-corrected chi connectivity index (χ3v) is 7.35. The van der Waals surface area contributed by atoms with Crippen molar-refractivity contribution in [2.24, 2.45) is 5.73 Å². The van der Waals surface area contributed by atoms with Gasteiger partial charge in [0.05, 0.1) is 0 Å². The summed E-state index contributed by atoms with van der Waals surface area (Å²) in [5.41, 5.74) is 11.8. The summed E-state index contributed by atoms with van der Waals surface area (Å²) in [7, 11) is 0.736. The Morgan fingerprint density at radius 1 is 0.658 bits per heavy atom. The van der Waals surface area contributed by atoms with Gasteiger partial charge in [-0.25, -0.2) is 8.42 Å². The first-order valence-electron chi connectivity index (χ1n) is 12.3. The number of nitrogens with zero attached hydrogens (tertiary/aromatic N) is 1. The van der Waals surface area contributed by atoms with Crippen LogP contribution in [0.4, 0.5) is 0 Å². The second kappa shape index (κ2) is 15.9. The Hall–Kier alpha value is -2.34. The number of nitrogens with two attached hydrogens (primary N) is 1. The molecule has 0 amide bonds. The second-order valence-corrected chi connectivity index (χ2v) is 10.9. The van der Waals surface area contributed by atoms with Gasteiger partial charge in [-0.05, 0) is 43.0 Å². The molecule has 0 unspecified atom stereocenters. The van der Waals surface area contributed by atoms with Crippen LogP contribution < -0.4 is 5.73 Å². The van der Waals surface area contributed by atoms with E-state index in [1.807, 2.05) is 84.9 Å². The summed E-state index contributed by atoms with van der Waals surface area (Å²) in [4.78, 5) is 0.171. The van der Waals surface area contributed by atoms with Crippen LogP contribution in [-0.4, -0.2) is 8.42 Å². The molecule has 4 rings (SSSR count). The van der Waals surface area contributed by atoms with E-state index in [0.29, 0.717) is 5.92 Å². The predicted octanol–water partition coefficient (Wildman–Crippen LogP) is 8.30. The van der Waals surface area contributed by atoms with Crippen molar-refractivity contribution >= 4 is 19.7 Å². The first-order valence-corrected chi connectivity index (χ1v) is 15.9. The van der Waals surface area contributed by atoms with E-state index in [0.717, 1.165) is 16.7 Å². The van der Waals surface area contributed by atoms with Crippen molar-refractivity contribution in [3.63, 3.8) is 0 Å². The molecule has 38 heavy (non-hydrogen) atoms. The number of sulfonamides is 1.